The maximum atomic E-state index is 11.8. The molecule has 1 heterocycles. The van der Waals surface area contributed by atoms with Gasteiger partial charge in [-0.05, 0) is 12.1 Å². The lowest BCUT2D eigenvalue weighted by Crippen LogP contribution is -2.21. The highest BCUT2D eigenvalue weighted by Gasteiger charge is 2.19. The first-order valence-electron chi connectivity index (χ1n) is 5.41. The van der Waals surface area contributed by atoms with Crippen molar-refractivity contribution in [3.8, 4) is 5.75 Å². The molecule has 1 aliphatic heterocycles. The number of anilines is 1. The molecule has 0 bridgehead atoms. The van der Waals surface area contributed by atoms with Crippen LogP contribution in [0.25, 0.3) is 0 Å². The monoisotopic (exact) mass is 265 g/mol. The minimum absolute atomic E-state index is 0.0139. The van der Waals surface area contributed by atoms with Gasteiger partial charge in [-0.15, -0.1) is 0 Å². The van der Waals surface area contributed by atoms with Gasteiger partial charge in [0.2, 0.25) is 5.76 Å². The summed E-state index contributed by atoms with van der Waals surface area (Å²) < 4.78 is 9.98. The lowest BCUT2D eigenvalue weighted by atomic mass is 10.1. The number of carbonyl (C=O) groups is 2. The van der Waals surface area contributed by atoms with Crippen molar-refractivity contribution in [2.75, 3.05) is 18.5 Å². The van der Waals surface area contributed by atoms with Crippen LogP contribution in [-0.2, 0) is 14.3 Å². The minimum atomic E-state index is -1.29. The first-order chi connectivity index (χ1) is 9.09. The van der Waals surface area contributed by atoms with E-state index in [9.17, 15) is 14.7 Å². The molecule has 0 spiro atoms. The molecule has 0 radical (unpaired) electrons. The third kappa shape index (κ3) is 2.76. The maximum absolute atomic E-state index is 11.8. The smallest absolute Gasteiger partial charge is 0.339 e. The number of rotatable bonds is 3. The van der Waals surface area contributed by atoms with Crippen molar-refractivity contribution >= 4 is 17.6 Å². The number of phenols is 1. The van der Waals surface area contributed by atoms with Crippen molar-refractivity contribution in [2.45, 2.75) is 0 Å². The van der Waals surface area contributed by atoms with E-state index in [0.29, 0.717) is 6.61 Å². The predicted octanol–water partition coefficient (Wildman–Crippen LogP) is 0.917. The molecule has 1 aromatic carbocycles. The average molecular weight is 265 g/mol. The van der Waals surface area contributed by atoms with Gasteiger partial charge < -0.3 is 25.0 Å². The van der Waals surface area contributed by atoms with Crippen LogP contribution in [0.15, 0.2) is 30.2 Å². The fourth-order valence-electron chi connectivity index (χ4n) is 1.49. The molecule has 0 saturated carbocycles. The molecule has 3 N–H and O–H groups in total. The van der Waals surface area contributed by atoms with Crippen LogP contribution in [0.4, 0.5) is 5.69 Å². The van der Waals surface area contributed by atoms with Crippen molar-refractivity contribution in [3.63, 3.8) is 0 Å². The number of nitrogens with one attached hydrogen (secondary N) is 1. The van der Waals surface area contributed by atoms with Crippen LogP contribution >= 0.6 is 0 Å². The molecule has 0 atom stereocenters. The van der Waals surface area contributed by atoms with Gasteiger partial charge in [0.1, 0.15) is 25.0 Å². The van der Waals surface area contributed by atoms with Gasteiger partial charge in [-0.3, -0.25) is 4.79 Å². The molecule has 0 unspecified atom stereocenters. The number of carboxylic acids is 1. The van der Waals surface area contributed by atoms with Crippen LogP contribution in [0.3, 0.4) is 0 Å². The summed E-state index contributed by atoms with van der Waals surface area (Å²) in [6.45, 7) is 0.608. The van der Waals surface area contributed by atoms with E-state index in [0.717, 1.165) is 6.26 Å². The third-order valence-corrected chi connectivity index (χ3v) is 2.39. The fraction of sp³-hybridized carbons (Fsp3) is 0.167. The third-order valence-electron chi connectivity index (χ3n) is 2.39. The van der Waals surface area contributed by atoms with E-state index in [1.54, 1.807) is 0 Å². The summed E-state index contributed by atoms with van der Waals surface area (Å²) in [6.07, 6.45) is 1.16. The SMILES string of the molecule is O=C(Nc1cccc(C(=O)O)c1O)C1=COCCO1. The summed E-state index contributed by atoms with van der Waals surface area (Å²) in [5, 5.41) is 20.9. The summed E-state index contributed by atoms with van der Waals surface area (Å²) in [6, 6.07) is 4.02. The highest BCUT2D eigenvalue weighted by Crippen LogP contribution is 2.27. The Labute approximate surface area is 108 Å². The second-order valence-corrected chi connectivity index (χ2v) is 3.66. The number of benzene rings is 1. The maximum Gasteiger partial charge on any atom is 0.339 e. The number of para-hydroxylation sites is 1. The molecular weight excluding hydrogens is 254 g/mol. The van der Waals surface area contributed by atoms with Gasteiger partial charge in [0.05, 0.1) is 5.69 Å². The Morgan fingerprint density at radius 3 is 2.68 bits per heavy atom. The van der Waals surface area contributed by atoms with Gasteiger partial charge >= 0.3 is 5.97 Å². The number of carboxylic acid groups (broad SMARTS) is 1. The summed E-state index contributed by atoms with van der Waals surface area (Å²) in [4.78, 5) is 22.6. The first-order valence-corrected chi connectivity index (χ1v) is 5.41. The van der Waals surface area contributed by atoms with Gasteiger partial charge in [0, 0.05) is 0 Å². The number of hydrogen-bond donors (Lipinski definition) is 3. The zero-order chi connectivity index (χ0) is 13.8. The molecular formula is C12H11NO6. The molecule has 0 fully saturated rings. The van der Waals surface area contributed by atoms with Crippen molar-refractivity contribution in [3.05, 3.63) is 35.8 Å². The molecule has 1 amide bonds. The highest BCUT2D eigenvalue weighted by atomic mass is 16.6. The Kier molecular flexibility index (Phi) is 3.56. The molecule has 19 heavy (non-hydrogen) atoms. The van der Waals surface area contributed by atoms with Crippen LogP contribution in [0.1, 0.15) is 10.4 Å². The quantitative estimate of drug-likeness (QED) is 0.702. The van der Waals surface area contributed by atoms with Crippen molar-refractivity contribution < 1.29 is 29.3 Å². The Bertz CT molecular complexity index is 551. The number of carbonyl (C=O) groups excluding carboxylic acids is 1. The van der Waals surface area contributed by atoms with Crippen molar-refractivity contribution in [1.29, 1.82) is 0 Å². The Hall–Kier alpha value is -2.70. The van der Waals surface area contributed by atoms with Crippen LogP contribution < -0.4 is 5.32 Å². The molecule has 0 aromatic heterocycles. The molecule has 7 nitrogen and oxygen atoms in total. The average Bonchev–Trinajstić information content (AvgIpc) is 2.41. The molecule has 0 saturated heterocycles. The van der Waals surface area contributed by atoms with Crippen LogP contribution in [0.5, 0.6) is 5.75 Å². The molecule has 0 aliphatic carbocycles. The first kappa shape index (κ1) is 12.7. The van der Waals surface area contributed by atoms with E-state index in [1.807, 2.05) is 0 Å². The van der Waals surface area contributed by atoms with E-state index in [1.165, 1.54) is 18.2 Å². The van der Waals surface area contributed by atoms with E-state index >= 15 is 0 Å². The van der Waals surface area contributed by atoms with Gasteiger partial charge in [-0.25, -0.2) is 4.79 Å². The van der Waals surface area contributed by atoms with Crippen LogP contribution in [-0.4, -0.2) is 35.3 Å². The van der Waals surface area contributed by atoms with Gasteiger partial charge in [-0.1, -0.05) is 6.07 Å². The van der Waals surface area contributed by atoms with Crippen molar-refractivity contribution in [2.24, 2.45) is 0 Å². The zero-order valence-corrected chi connectivity index (χ0v) is 9.75. The van der Waals surface area contributed by atoms with E-state index in [4.69, 9.17) is 14.6 Å². The Balaban J connectivity index is 2.19. The van der Waals surface area contributed by atoms with Gasteiger partial charge in [0.15, 0.2) is 5.75 Å². The molecule has 100 valence electrons. The molecule has 1 aliphatic rings. The highest BCUT2D eigenvalue weighted by molar-refractivity contribution is 6.04. The van der Waals surface area contributed by atoms with Crippen LogP contribution in [0.2, 0.25) is 0 Å². The standard InChI is InChI=1S/C12H11NO6/c14-10-7(12(16)17)2-1-3-8(10)13-11(15)9-6-18-4-5-19-9/h1-3,6,14H,4-5H2,(H,13,15)(H,16,17). The fourth-order valence-corrected chi connectivity index (χ4v) is 1.49. The summed E-state index contributed by atoms with van der Waals surface area (Å²) >= 11 is 0. The minimum Gasteiger partial charge on any atom is -0.505 e. The molecule has 2 rings (SSSR count). The topological polar surface area (TPSA) is 105 Å². The summed E-state index contributed by atoms with van der Waals surface area (Å²) in [5.41, 5.74) is -0.312. The number of ether oxygens (including phenoxy) is 2. The number of aromatic hydroxyl groups is 1. The number of amides is 1. The predicted molar refractivity (Wildman–Crippen MR) is 63.7 cm³/mol. The second kappa shape index (κ2) is 5.30. The van der Waals surface area contributed by atoms with Crippen LogP contribution in [0, 0.1) is 0 Å². The van der Waals surface area contributed by atoms with E-state index in [2.05, 4.69) is 5.32 Å². The zero-order valence-electron chi connectivity index (χ0n) is 9.75. The lowest BCUT2D eigenvalue weighted by Gasteiger charge is -2.15. The molecule has 1 aromatic rings. The number of aromatic carboxylic acids is 1. The summed E-state index contributed by atoms with van der Waals surface area (Å²) in [7, 11) is 0. The van der Waals surface area contributed by atoms with Gasteiger partial charge in [0.25, 0.3) is 5.91 Å². The lowest BCUT2D eigenvalue weighted by molar-refractivity contribution is -0.117. The van der Waals surface area contributed by atoms with E-state index < -0.39 is 17.6 Å². The molecule has 7 heteroatoms. The van der Waals surface area contributed by atoms with Crippen molar-refractivity contribution in [1.82, 2.24) is 0 Å². The largest absolute Gasteiger partial charge is 0.505 e. The number of hydrogen-bond acceptors (Lipinski definition) is 5. The van der Waals surface area contributed by atoms with Gasteiger partial charge in [-0.2, -0.15) is 0 Å². The normalized spacial score (nSPS) is 13.8. The Morgan fingerprint density at radius 1 is 1.26 bits per heavy atom. The second-order valence-electron chi connectivity index (χ2n) is 3.66. The Morgan fingerprint density at radius 2 is 2.05 bits per heavy atom. The summed E-state index contributed by atoms with van der Waals surface area (Å²) in [5.74, 6) is -2.46. The van der Waals surface area contributed by atoms with E-state index in [-0.39, 0.29) is 23.6 Å².